The summed E-state index contributed by atoms with van der Waals surface area (Å²) in [7, 11) is 0. The van der Waals surface area contributed by atoms with Crippen LogP contribution in [0.3, 0.4) is 0 Å². The van der Waals surface area contributed by atoms with Crippen molar-refractivity contribution in [3.05, 3.63) is 47.5 Å². The molecule has 0 saturated carbocycles. The van der Waals surface area contributed by atoms with Gasteiger partial charge in [-0.15, -0.1) is 0 Å². The van der Waals surface area contributed by atoms with E-state index in [1.54, 1.807) is 12.1 Å². The number of allylic oxidation sites excluding steroid dienone is 1. The van der Waals surface area contributed by atoms with Crippen molar-refractivity contribution < 1.29 is 19.4 Å². The quantitative estimate of drug-likeness (QED) is 0.286. The average Bonchev–Trinajstić information content (AvgIpc) is 2.62. The van der Waals surface area contributed by atoms with Gasteiger partial charge in [-0.2, -0.15) is 0 Å². The molecule has 0 atom stereocenters. The fourth-order valence-corrected chi connectivity index (χ4v) is 2.63. The highest BCUT2D eigenvalue weighted by Gasteiger charge is 2.16. The Kier molecular flexibility index (Phi) is 11.1. The molecular formula is C21H30O4. The number of ether oxygens (including phenoxy) is 1. The third-order valence-electron chi connectivity index (χ3n) is 4.08. The van der Waals surface area contributed by atoms with Gasteiger partial charge in [0.05, 0.1) is 11.1 Å². The summed E-state index contributed by atoms with van der Waals surface area (Å²) in [6.45, 7) is 2.40. The molecule has 0 heterocycles. The minimum absolute atomic E-state index is 0.0320. The van der Waals surface area contributed by atoms with Crippen LogP contribution in [0.25, 0.3) is 0 Å². The molecule has 0 unspecified atom stereocenters. The molecule has 1 N–H and O–H groups in total. The zero-order valence-electron chi connectivity index (χ0n) is 15.2. The molecule has 0 amide bonds. The predicted molar refractivity (Wildman–Crippen MR) is 100 cm³/mol. The number of unbranched alkanes of at least 4 members (excludes halogenated alkanes) is 8. The first-order valence-corrected chi connectivity index (χ1v) is 9.31. The topological polar surface area (TPSA) is 63.6 Å². The van der Waals surface area contributed by atoms with Gasteiger partial charge in [0.15, 0.2) is 0 Å². The van der Waals surface area contributed by atoms with Crippen molar-refractivity contribution in [2.24, 2.45) is 0 Å². The van der Waals surface area contributed by atoms with Crippen LogP contribution in [0.5, 0.6) is 0 Å². The van der Waals surface area contributed by atoms with Gasteiger partial charge < -0.3 is 9.84 Å². The molecule has 0 aliphatic rings. The molecule has 25 heavy (non-hydrogen) atoms. The summed E-state index contributed by atoms with van der Waals surface area (Å²) in [6, 6.07) is 6.08. The van der Waals surface area contributed by atoms with E-state index in [1.165, 1.54) is 57.1 Å². The van der Waals surface area contributed by atoms with Gasteiger partial charge in [-0.1, -0.05) is 76.2 Å². The lowest BCUT2D eigenvalue weighted by atomic mass is 10.1. The van der Waals surface area contributed by atoms with E-state index in [2.05, 4.69) is 6.92 Å². The van der Waals surface area contributed by atoms with Crippen LogP contribution in [0.4, 0.5) is 0 Å². The normalized spacial score (nSPS) is 10.9. The van der Waals surface area contributed by atoms with Gasteiger partial charge in [-0.3, -0.25) is 0 Å². The maximum absolute atomic E-state index is 11.9. The first-order chi connectivity index (χ1) is 12.2. The highest BCUT2D eigenvalue weighted by molar-refractivity contribution is 6.02. The number of aromatic carboxylic acids is 1. The largest absolute Gasteiger partial charge is 0.478 e. The van der Waals surface area contributed by atoms with Crippen molar-refractivity contribution in [1.82, 2.24) is 0 Å². The number of carboxylic acid groups (broad SMARTS) is 1. The Bertz CT molecular complexity index is 549. The van der Waals surface area contributed by atoms with Crippen LogP contribution in [0.2, 0.25) is 0 Å². The maximum atomic E-state index is 11.9. The second-order valence-corrected chi connectivity index (χ2v) is 6.18. The molecule has 0 radical (unpaired) electrons. The maximum Gasteiger partial charge on any atom is 0.339 e. The molecule has 0 aromatic heterocycles. The highest BCUT2D eigenvalue weighted by atomic mass is 16.5. The second-order valence-electron chi connectivity index (χ2n) is 6.18. The molecule has 4 heteroatoms. The smallest absolute Gasteiger partial charge is 0.339 e. The number of carboxylic acids is 1. The molecule has 0 aliphatic heterocycles. The number of hydrogen-bond donors (Lipinski definition) is 1. The molecular weight excluding hydrogens is 316 g/mol. The zero-order valence-corrected chi connectivity index (χ0v) is 15.2. The number of hydrogen-bond acceptors (Lipinski definition) is 3. The van der Waals surface area contributed by atoms with Crippen molar-refractivity contribution in [2.75, 3.05) is 6.61 Å². The summed E-state index contributed by atoms with van der Waals surface area (Å²) >= 11 is 0. The van der Waals surface area contributed by atoms with Crippen LogP contribution in [-0.4, -0.2) is 23.7 Å². The van der Waals surface area contributed by atoms with Crippen molar-refractivity contribution in [3.63, 3.8) is 0 Å². The van der Waals surface area contributed by atoms with E-state index in [4.69, 9.17) is 9.84 Å². The van der Waals surface area contributed by atoms with Crippen LogP contribution >= 0.6 is 0 Å². The van der Waals surface area contributed by atoms with Gasteiger partial charge in [0.2, 0.25) is 0 Å². The number of benzene rings is 1. The van der Waals surface area contributed by atoms with E-state index in [9.17, 15) is 9.59 Å². The zero-order chi connectivity index (χ0) is 18.3. The summed E-state index contributed by atoms with van der Waals surface area (Å²) in [5, 5.41) is 9.07. The molecule has 1 rings (SSSR count). The van der Waals surface area contributed by atoms with E-state index in [0.29, 0.717) is 0 Å². The highest BCUT2D eigenvalue weighted by Crippen LogP contribution is 2.11. The summed E-state index contributed by atoms with van der Waals surface area (Å²) in [5.41, 5.74) is 0.0573. The Morgan fingerprint density at radius 2 is 1.52 bits per heavy atom. The molecule has 0 saturated heterocycles. The molecule has 0 bridgehead atoms. The second kappa shape index (κ2) is 13.2. The van der Waals surface area contributed by atoms with Crippen molar-refractivity contribution in [2.45, 2.75) is 64.7 Å². The standard InChI is InChI=1S/C21H30O4/c1-2-3-4-5-6-7-8-9-10-11-14-17-25-21(24)19-16-13-12-15-18(19)20(22)23/h11-16H,2-10,17H2,1H3,(H,22,23)/b14-11+. The molecule has 0 aliphatic carbocycles. The molecule has 0 fully saturated rings. The van der Waals surface area contributed by atoms with E-state index < -0.39 is 11.9 Å². The van der Waals surface area contributed by atoms with Gasteiger partial charge in [0.25, 0.3) is 0 Å². The van der Waals surface area contributed by atoms with E-state index in [0.717, 1.165) is 12.8 Å². The lowest BCUT2D eigenvalue weighted by Crippen LogP contribution is -2.11. The summed E-state index contributed by atoms with van der Waals surface area (Å²) < 4.78 is 5.11. The summed E-state index contributed by atoms with van der Waals surface area (Å²) in [6.07, 6.45) is 15.2. The van der Waals surface area contributed by atoms with E-state index >= 15 is 0 Å². The summed E-state index contributed by atoms with van der Waals surface area (Å²) in [4.78, 5) is 23.0. The number of rotatable bonds is 13. The van der Waals surface area contributed by atoms with Crippen LogP contribution < -0.4 is 0 Å². The Morgan fingerprint density at radius 1 is 0.920 bits per heavy atom. The molecule has 0 spiro atoms. The first-order valence-electron chi connectivity index (χ1n) is 9.31. The van der Waals surface area contributed by atoms with Gasteiger partial charge in [-0.05, 0) is 25.0 Å². The van der Waals surface area contributed by atoms with Gasteiger partial charge in [0, 0.05) is 0 Å². The van der Waals surface area contributed by atoms with Crippen molar-refractivity contribution in [3.8, 4) is 0 Å². The van der Waals surface area contributed by atoms with E-state index in [-0.39, 0.29) is 17.7 Å². The number of carbonyl (C=O) groups excluding carboxylic acids is 1. The van der Waals surface area contributed by atoms with Crippen LogP contribution in [0.15, 0.2) is 36.4 Å². The Hall–Kier alpha value is -2.10. The van der Waals surface area contributed by atoms with Gasteiger partial charge in [0.1, 0.15) is 6.61 Å². The Morgan fingerprint density at radius 3 is 2.16 bits per heavy atom. The van der Waals surface area contributed by atoms with E-state index in [1.807, 2.05) is 12.2 Å². The minimum Gasteiger partial charge on any atom is -0.478 e. The van der Waals surface area contributed by atoms with Gasteiger partial charge in [-0.25, -0.2) is 9.59 Å². The first kappa shape index (κ1) is 20.9. The predicted octanol–water partition coefficient (Wildman–Crippen LogP) is 5.63. The molecule has 1 aromatic carbocycles. The molecule has 1 aromatic rings. The summed E-state index contributed by atoms with van der Waals surface area (Å²) in [5.74, 6) is -1.73. The molecule has 4 nitrogen and oxygen atoms in total. The van der Waals surface area contributed by atoms with Crippen LogP contribution in [0, 0.1) is 0 Å². The third kappa shape index (κ3) is 9.08. The number of esters is 1. The minimum atomic E-state index is -1.13. The number of carbonyl (C=O) groups is 2. The lowest BCUT2D eigenvalue weighted by Gasteiger charge is -2.05. The fraction of sp³-hybridized carbons (Fsp3) is 0.524. The average molecular weight is 346 g/mol. The van der Waals surface area contributed by atoms with Crippen molar-refractivity contribution >= 4 is 11.9 Å². The third-order valence-corrected chi connectivity index (χ3v) is 4.08. The molecule has 138 valence electrons. The van der Waals surface area contributed by atoms with Crippen LogP contribution in [0.1, 0.15) is 85.4 Å². The SMILES string of the molecule is CCCCCCCCCC/C=C/COC(=O)c1ccccc1C(=O)O. The fourth-order valence-electron chi connectivity index (χ4n) is 2.63. The monoisotopic (exact) mass is 346 g/mol. The van der Waals surface area contributed by atoms with Crippen molar-refractivity contribution in [1.29, 1.82) is 0 Å². The van der Waals surface area contributed by atoms with Crippen LogP contribution in [-0.2, 0) is 4.74 Å². The Labute approximate surface area is 150 Å². The Balaban J connectivity index is 2.14. The lowest BCUT2D eigenvalue weighted by molar-refractivity contribution is 0.0536. The van der Waals surface area contributed by atoms with Gasteiger partial charge >= 0.3 is 11.9 Å².